The van der Waals surface area contributed by atoms with E-state index in [1.807, 2.05) is 4.90 Å². The zero-order chi connectivity index (χ0) is 28.5. The number of ether oxygens (including phenoxy) is 1. The van der Waals surface area contributed by atoms with E-state index in [0.717, 1.165) is 6.07 Å². The van der Waals surface area contributed by atoms with Crippen LogP contribution in [0.5, 0.6) is 5.75 Å². The Bertz CT molecular complexity index is 1440. The minimum Gasteiger partial charge on any atom is -0.491 e. The number of piperidine rings is 1. The fourth-order valence-electron chi connectivity index (χ4n) is 4.32. The van der Waals surface area contributed by atoms with E-state index >= 15 is 0 Å². The second-order valence-electron chi connectivity index (χ2n) is 9.08. The molecule has 39 heavy (non-hydrogen) atoms. The average Bonchev–Trinajstić information content (AvgIpc) is 2.86. The van der Waals surface area contributed by atoms with Crippen molar-refractivity contribution in [3.63, 3.8) is 0 Å². The SMILES string of the molecule is O=C(NC1CCN(C[C@@H](O)COc2ccc(Cl)c(F)c2)CC1)c1cn(C(F)(F)F)c2cc(Cl)c(F)cc2c1=O. The molecule has 0 saturated carbocycles. The number of benzene rings is 2. The summed E-state index contributed by atoms with van der Waals surface area (Å²) < 4.78 is 73.5. The largest absolute Gasteiger partial charge is 0.491 e. The number of halogens is 7. The molecule has 1 aromatic heterocycles. The van der Waals surface area contributed by atoms with E-state index in [-0.39, 0.29) is 28.5 Å². The first-order chi connectivity index (χ1) is 18.3. The van der Waals surface area contributed by atoms with Gasteiger partial charge in [-0.15, -0.1) is 13.2 Å². The van der Waals surface area contributed by atoms with Crippen molar-refractivity contribution in [3.8, 4) is 5.75 Å². The van der Waals surface area contributed by atoms with Crippen LogP contribution >= 0.6 is 23.2 Å². The first-order valence-corrected chi connectivity index (χ1v) is 12.5. The van der Waals surface area contributed by atoms with E-state index in [2.05, 4.69) is 5.32 Å². The zero-order valence-corrected chi connectivity index (χ0v) is 21.6. The molecule has 1 saturated heterocycles. The van der Waals surface area contributed by atoms with Crippen molar-refractivity contribution in [2.45, 2.75) is 31.3 Å². The number of rotatable bonds is 7. The molecule has 1 amide bonds. The average molecular weight is 594 g/mol. The lowest BCUT2D eigenvalue weighted by molar-refractivity contribution is -0.201. The number of pyridine rings is 1. The Hall–Kier alpha value is -2.93. The molecule has 2 N–H and O–H groups in total. The number of nitrogens with zero attached hydrogens (tertiary/aromatic N) is 2. The van der Waals surface area contributed by atoms with E-state index in [9.17, 15) is 36.6 Å². The third kappa shape index (κ3) is 6.81. The third-order valence-corrected chi connectivity index (χ3v) is 6.88. The first kappa shape index (κ1) is 29.1. The van der Waals surface area contributed by atoms with Crippen molar-refractivity contribution in [1.29, 1.82) is 0 Å². The predicted octanol–water partition coefficient (Wildman–Crippen LogP) is 4.70. The summed E-state index contributed by atoms with van der Waals surface area (Å²) in [6, 6.07) is 4.73. The molecule has 1 atom stereocenters. The van der Waals surface area contributed by atoms with Crippen molar-refractivity contribution in [1.82, 2.24) is 14.8 Å². The summed E-state index contributed by atoms with van der Waals surface area (Å²) in [5, 5.41) is 11.6. The van der Waals surface area contributed by atoms with Gasteiger partial charge in [0.05, 0.1) is 15.6 Å². The van der Waals surface area contributed by atoms with E-state index in [0.29, 0.717) is 44.3 Å². The molecule has 4 rings (SSSR count). The normalized spacial score (nSPS) is 15.9. The molecule has 0 bridgehead atoms. The van der Waals surface area contributed by atoms with Gasteiger partial charge in [-0.05, 0) is 37.1 Å². The smallest absolute Gasteiger partial charge is 0.488 e. The number of nitrogens with one attached hydrogen (secondary N) is 1. The zero-order valence-electron chi connectivity index (χ0n) is 20.1. The molecule has 2 aromatic carbocycles. The van der Waals surface area contributed by atoms with Crippen LogP contribution in [0.1, 0.15) is 23.2 Å². The van der Waals surface area contributed by atoms with Crippen molar-refractivity contribution in [3.05, 3.63) is 74.0 Å². The van der Waals surface area contributed by atoms with Gasteiger partial charge in [0.15, 0.2) is 0 Å². The van der Waals surface area contributed by atoms with Crippen LogP contribution in [0.25, 0.3) is 10.9 Å². The molecule has 1 aliphatic heterocycles. The monoisotopic (exact) mass is 593 g/mol. The number of aliphatic hydroxyl groups is 1. The second kappa shape index (κ2) is 11.7. The van der Waals surface area contributed by atoms with E-state index in [4.69, 9.17) is 27.9 Å². The van der Waals surface area contributed by atoms with Gasteiger partial charge in [-0.2, -0.15) is 0 Å². The van der Waals surface area contributed by atoms with Crippen LogP contribution in [-0.4, -0.2) is 58.9 Å². The van der Waals surface area contributed by atoms with Gasteiger partial charge in [-0.3, -0.25) is 14.2 Å². The Labute approximate surface area is 228 Å². The number of carbonyl (C=O) groups excluding carboxylic acids is 1. The number of alkyl halides is 3. The maximum Gasteiger partial charge on any atom is 0.488 e. The van der Waals surface area contributed by atoms with Gasteiger partial charge in [-0.1, -0.05) is 23.2 Å². The lowest BCUT2D eigenvalue weighted by atomic mass is 10.0. The van der Waals surface area contributed by atoms with Crippen LogP contribution < -0.4 is 15.5 Å². The van der Waals surface area contributed by atoms with E-state index in [1.165, 1.54) is 12.1 Å². The Kier molecular flexibility index (Phi) is 8.69. The standard InChI is InChI=1S/C25H22Cl2F5N3O4/c26-18-2-1-15(7-20(18)28)39-12-14(36)10-34-5-3-13(4-6-34)33-24(38)17-11-35(25(30,31)32)22-9-19(27)21(29)8-16(22)23(17)37/h1-2,7-9,11,13-14,36H,3-6,10,12H2,(H,33,38)/t14-/m1/s1. The van der Waals surface area contributed by atoms with Crippen molar-refractivity contribution in [2.75, 3.05) is 26.2 Å². The molecule has 1 aliphatic rings. The lowest BCUT2D eigenvalue weighted by Crippen LogP contribution is -2.47. The molecule has 1 fully saturated rings. The first-order valence-electron chi connectivity index (χ1n) is 11.7. The minimum absolute atomic E-state index is 0.0525. The van der Waals surface area contributed by atoms with Gasteiger partial charge in [0.1, 0.15) is 35.7 Å². The summed E-state index contributed by atoms with van der Waals surface area (Å²) in [6.07, 6.45) is -4.73. The summed E-state index contributed by atoms with van der Waals surface area (Å²) in [6.45, 7) is 1.00. The van der Waals surface area contributed by atoms with Crippen LogP contribution in [0, 0.1) is 11.6 Å². The van der Waals surface area contributed by atoms with Crippen LogP contribution in [0.4, 0.5) is 22.0 Å². The number of likely N-dealkylation sites (tertiary alicyclic amines) is 1. The highest BCUT2D eigenvalue weighted by Gasteiger charge is 2.34. The third-order valence-electron chi connectivity index (χ3n) is 6.29. The maximum absolute atomic E-state index is 13.9. The van der Waals surface area contributed by atoms with Crippen molar-refractivity contribution >= 4 is 40.0 Å². The molecule has 3 aromatic rings. The molecule has 0 radical (unpaired) electrons. The van der Waals surface area contributed by atoms with Crippen LogP contribution in [0.3, 0.4) is 0 Å². The van der Waals surface area contributed by atoms with Gasteiger partial charge in [0, 0.05) is 43.3 Å². The molecular weight excluding hydrogens is 572 g/mol. The quantitative estimate of drug-likeness (QED) is 0.388. The molecule has 210 valence electrons. The number of aliphatic hydroxyl groups excluding tert-OH is 1. The number of amides is 1. The predicted molar refractivity (Wildman–Crippen MR) is 134 cm³/mol. The molecular formula is C25H22Cl2F5N3O4. The Balaban J connectivity index is 1.37. The van der Waals surface area contributed by atoms with Gasteiger partial charge >= 0.3 is 6.30 Å². The summed E-state index contributed by atoms with van der Waals surface area (Å²) >= 11 is 11.2. The molecule has 0 spiro atoms. The molecule has 7 nitrogen and oxygen atoms in total. The van der Waals surface area contributed by atoms with Crippen molar-refractivity contribution < 1.29 is 36.6 Å². The molecule has 0 aliphatic carbocycles. The highest BCUT2D eigenvalue weighted by Crippen LogP contribution is 2.29. The fraction of sp³-hybridized carbons (Fsp3) is 0.360. The summed E-state index contributed by atoms with van der Waals surface area (Å²) in [4.78, 5) is 27.5. The molecule has 0 unspecified atom stereocenters. The highest BCUT2D eigenvalue weighted by molar-refractivity contribution is 6.31. The summed E-state index contributed by atoms with van der Waals surface area (Å²) in [5.74, 6) is -2.54. The highest BCUT2D eigenvalue weighted by atomic mass is 35.5. The van der Waals surface area contributed by atoms with E-state index in [1.54, 1.807) is 0 Å². The molecule has 2 heterocycles. The number of hydrogen-bond acceptors (Lipinski definition) is 5. The van der Waals surface area contributed by atoms with Crippen LogP contribution in [0.15, 0.2) is 41.3 Å². The lowest BCUT2D eigenvalue weighted by Gasteiger charge is -2.33. The minimum atomic E-state index is -5.00. The summed E-state index contributed by atoms with van der Waals surface area (Å²) in [5.41, 5.74) is -2.51. The maximum atomic E-state index is 13.9. The van der Waals surface area contributed by atoms with Crippen LogP contribution in [0.2, 0.25) is 10.0 Å². The number of hydrogen-bond donors (Lipinski definition) is 2. The Morgan fingerprint density at radius 2 is 1.77 bits per heavy atom. The van der Waals surface area contributed by atoms with Crippen molar-refractivity contribution in [2.24, 2.45) is 0 Å². The fourth-order valence-corrected chi connectivity index (χ4v) is 4.60. The second-order valence-corrected chi connectivity index (χ2v) is 9.90. The van der Waals surface area contributed by atoms with Crippen LogP contribution in [-0.2, 0) is 6.30 Å². The Morgan fingerprint density at radius 1 is 1.10 bits per heavy atom. The summed E-state index contributed by atoms with van der Waals surface area (Å²) in [7, 11) is 0. The van der Waals surface area contributed by atoms with Gasteiger partial charge in [-0.25, -0.2) is 8.78 Å². The van der Waals surface area contributed by atoms with Gasteiger partial charge < -0.3 is 20.1 Å². The van der Waals surface area contributed by atoms with E-state index < -0.39 is 62.9 Å². The number of aromatic nitrogens is 1. The number of carbonyl (C=O) groups is 1. The van der Waals surface area contributed by atoms with Gasteiger partial charge in [0.25, 0.3) is 5.91 Å². The Morgan fingerprint density at radius 3 is 2.41 bits per heavy atom. The molecule has 14 heteroatoms. The number of β-amino-alcohol motifs (C(OH)–C–C–N with tert-alkyl or cyclic N) is 1. The van der Waals surface area contributed by atoms with Gasteiger partial charge in [0.2, 0.25) is 5.43 Å². The number of fused-ring (bicyclic) bond motifs is 1. The topological polar surface area (TPSA) is 83.8 Å².